The van der Waals surface area contributed by atoms with Gasteiger partial charge in [-0.05, 0) is 17.7 Å². The molecule has 0 radical (unpaired) electrons. The second-order valence-electron chi connectivity index (χ2n) is 4.47. The number of rotatable bonds is 6. The van der Waals surface area contributed by atoms with E-state index in [0.29, 0.717) is 22.8 Å². The van der Waals surface area contributed by atoms with Crippen LogP contribution in [0.5, 0.6) is 0 Å². The van der Waals surface area contributed by atoms with E-state index in [-0.39, 0.29) is 12.5 Å². The Hall–Kier alpha value is -2.24. The molecule has 0 bridgehead atoms. The van der Waals surface area contributed by atoms with E-state index < -0.39 is 0 Å². The normalized spacial score (nSPS) is 10.1. The number of nitrogens with one attached hydrogen (secondary N) is 1. The minimum Gasteiger partial charge on any atom is -0.389 e. The number of amides is 1. The summed E-state index contributed by atoms with van der Waals surface area (Å²) in [6.07, 6.45) is 0. The summed E-state index contributed by atoms with van der Waals surface area (Å²) in [7, 11) is 0. The lowest BCUT2D eigenvalue weighted by atomic mass is 10.2. The van der Waals surface area contributed by atoms with Crippen molar-refractivity contribution in [2.24, 2.45) is 5.73 Å². The molecule has 1 amide bonds. The van der Waals surface area contributed by atoms with Crippen molar-refractivity contribution in [1.82, 2.24) is 0 Å². The van der Waals surface area contributed by atoms with E-state index in [1.54, 1.807) is 24.3 Å². The van der Waals surface area contributed by atoms with Gasteiger partial charge in [-0.1, -0.05) is 54.7 Å². The molecule has 0 spiro atoms. The second kappa shape index (κ2) is 7.52. The Morgan fingerprint density at radius 3 is 2.62 bits per heavy atom. The molecule has 0 unspecified atom stereocenters. The number of carbonyl (C=O) groups is 1. The van der Waals surface area contributed by atoms with E-state index in [1.165, 1.54) is 0 Å². The van der Waals surface area contributed by atoms with Crippen molar-refractivity contribution in [3.05, 3.63) is 65.7 Å². The number of benzene rings is 2. The van der Waals surface area contributed by atoms with Crippen molar-refractivity contribution < 1.29 is 9.53 Å². The van der Waals surface area contributed by atoms with Crippen LogP contribution in [0.4, 0.5) is 5.69 Å². The van der Waals surface area contributed by atoms with Crippen molar-refractivity contribution in [1.29, 1.82) is 0 Å². The third-order valence-corrected chi connectivity index (χ3v) is 3.01. The molecule has 2 rings (SSSR count). The van der Waals surface area contributed by atoms with Crippen molar-refractivity contribution in [3.8, 4) is 0 Å². The standard InChI is InChI=1S/C16H16N2O2S/c17-16(21)13-7-4-8-14(9-13)18-15(19)11-20-10-12-5-2-1-3-6-12/h1-9H,10-11H2,(H2,17,21)(H,18,19). The predicted molar refractivity (Wildman–Crippen MR) is 87.1 cm³/mol. The molecule has 0 atom stereocenters. The maximum Gasteiger partial charge on any atom is 0.250 e. The van der Waals surface area contributed by atoms with Crippen LogP contribution in [-0.2, 0) is 16.1 Å². The molecule has 0 fully saturated rings. The van der Waals surface area contributed by atoms with Crippen molar-refractivity contribution in [3.63, 3.8) is 0 Å². The summed E-state index contributed by atoms with van der Waals surface area (Å²) in [5.41, 5.74) is 7.94. The molecule has 2 aromatic carbocycles. The first-order chi connectivity index (χ1) is 10.1. The first-order valence-corrected chi connectivity index (χ1v) is 6.87. The molecular weight excluding hydrogens is 284 g/mol. The number of nitrogens with two attached hydrogens (primary N) is 1. The van der Waals surface area contributed by atoms with Gasteiger partial charge in [-0.3, -0.25) is 4.79 Å². The molecule has 2 aromatic rings. The van der Waals surface area contributed by atoms with E-state index >= 15 is 0 Å². The summed E-state index contributed by atoms with van der Waals surface area (Å²) in [6.45, 7) is 0.396. The Labute approximate surface area is 128 Å². The third kappa shape index (κ3) is 4.98. The Balaban J connectivity index is 1.82. The van der Waals surface area contributed by atoms with Gasteiger partial charge >= 0.3 is 0 Å². The summed E-state index contributed by atoms with van der Waals surface area (Å²) in [6, 6.07) is 16.8. The first-order valence-electron chi connectivity index (χ1n) is 6.46. The van der Waals surface area contributed by atoms with Gasteiger partial charge in [-0.25, -0.2) is 0 Å². The van der Waals surface area contributed by atoms with Gasteiger partial charge in [0.2, 0.25) is 5.91 Å². The number of ether oxygens (including phenoxy) is 1. The van der Waals surface area contributed by atoms with Gasteiger partial charge < -0.3 is 15.8 Å². The smallest absolute Gasteiger partial charge is 0.250 e. The monoisotopic (exact) mass is 300 g/mol. The van der Waals surface area contributed by atoms with Crippen LogP contribution in [-0.4, -0.2) is 17.5 Å². The quantitative estimate of drug-likeness (QED) is 0.804. The topological polar surface area (TPSA) is 64.3 Å². The summed E-state index contributed by atoms with van der Waals surface area (Å²) in [5.74, 6) is -0.217. The zero-order valence-corrected chi connectivity index (χ0v) is 12.2. The lowest BCUT2D eigenvalue weighted by Crippen LogP contribution is -2.18. The summed E-state index contributed by atoms with van der Waals surface area (Å²) < 4.78 is 5.37. The van der Waals surface area contributed by atoms with E-state index in [2.05, 4.69) is 5.32 Å². The van der Waals surface area contributed by atoms with Crippen LogP contribution in [0, 0.1) is 0 Å². The molecule has 0 aromatic heterocycles. The molecule has 0 aliphatic rings. The van der Waals surface area contributed by atoms with Gasteiger partial charge in [-0.15, -0.1) is 0 Å². The minimum atomic E-state index is -0.217. The Morgan fingerprint density at radius 1 is 1.14 bits per heavy atom. The van der Waals surface area contributed by atoms with Crippen LogP contribution in [0.3, 0.4) is 0 Å². The van der Waals surface area contributed by atoms with Gasteiger partial charge in [-0.2, -0.15) is 0 Å². The van der Waals surface area contributed by atoms with Crippen LogP contribution in [0.1, 0.15) is 11.1 Å². The highest BCUT2D eigenvalue weighted by atomic mass is 32.1. The molecule has 4 nitrogen and oxygen atoms in total. The molecule has 108 valence electrons. The largest absolute Gasteiger partial charge is 0.389 e. The molecular formula is C16H16N2O2S. The maximum atomic E-state index is 11.8. The van der Waals surface area contributed by atoms with Crippen molar-refractivity contribution >= 4 is 28.8 Å². The fraction of sp³-hybridized carbons (Fsp3) is 0.125. The van der Waals surface area contributed by atoms with E-state index in [1.807, 2.05) is 30.3 Å². The highest BCUT2D eigenvalue weighted by Crippen LogP contribution is 2.10. The second-order valence-corrected chi connectivity index (χ2v) is 4.91. The number of anilines is 1. The summed E-state index contributed by atoms with van der Waals surface area (Å²) >= 11 is 4.90. The number of hydrogen-bond acceptors (Lipinski definition) is 3. The summed E-state index contributed by atoms with van der Waals surface area (Å²) in [4.78, 5) is 12.1. The Morgan fingerprint density at radius 2 is 1.90 bits per heavy atom. The van der Waals surface area contributed by atoms with Crippen LogP contribution >= 0.6 is 12.2 Å². The Kier molecular flexibility index (Phi) is 5.43. The molecule has 5 heteroatoms. The van der Waals surface area contributed by atoms with E-state index in [9.17, 15) is 4.79 Å². The predicted octanol–water partition coefficient (Wildman–Crippen LogP) is 2.48. The van der Waals surface area contributed by atoms with Gasteiger partial charge in [0.05, 0.1) is 6.61 Å². The van der Waals surface area contributed by atoms with Gasteiger partial charge in [0.15, 0.2) is 0 Å². The number of hydrogen-bond donors (Lipinski definition) is 2. The molecule has 3 N–H and O–H groups in total. The first kappa shape index (κ1) is 15.2. The van der Waals surface area contributed by atoms with Crippen LogP contribution in [0.2, 0.25) is 0 Å². The highest BCUT2D eigenvalue weighted by Gasteiger charge is 2.04. The number of carbonyl (C=O) groups excluding carboxylic acids is 1. The average molecular weight is 300 g/mol. The van der Waals surface area contributed by atoms with Crippen LogP contribution < -0.4 is 11.1 Å². The third-order valence-electron chi connectivity index (χ3n) is 2.78. The fourth-order valence-electron chi connectivity index (χ4n) is 1.78. The zero-order valence-electron chi connectivity index (χ0n) is 11.4. The SMILES string of the molecule is NC(=S)c1cccc(NC(=O)COCc2ccccc2)c1. The zero-order chi connectivity index (χ0) is 15.1. The molecule has 0 saturated heterocycles. The maximum absolute atomic E-state index is 11.8. The Bertz CT molecular complexity index is 629. The van der Waals surface area contributed by atoms with Gasteiger partial charge in [0.1, 0.15) is 11.6 Å². The van der Waals surface area contributed by atoms with Crippen molar-refractivity contribution in [2.45, 2.75) is 6.61 Å². The van der Waals surface area contributed by atoms with E-state index in [0.717, 1.165) is 5.56 Å². The molecule has 0 aliphatic carbocycles. The number of thiocarbonyl (C=S) groups is 1. The molecule has 0 heterocycles. The summed E-state index contributed by atoms with van der Waals surface area (Å²) in [5, 5.41) is 2.74. The molecule has 21 heavy (non-hydrogen) atoms. The van der Waals surface area contributed by atoms with Gasteiger partial charge in [0.25, 0.3) is 0 Å². The van der Waals surface area contributed by atoms with Crippen LogP contribution in [0.25, 0.3) is 0 Å². The molecule has 0 saturated carbocycles. The lowest BCUT2D eigenvalue weighted by molar-refractivity contribution is -0.121. The molecule has 0 aliphatic heterocycles. The lowest BCUT2D eigenvalue weighted by Gasteiger charge is -2.07. The minimum absolute atomic E-state index is 0.00774. The van der Waals surface area contributed by atoms with Gasteiger partial charge in [0, 0.05) is 11.3 Å². The van der Waals surface area contributed by atoms with E-state index in [4.69, 9.17) is 22.7 Å². The van der Waals surface area contributed by atoms with Crippen LogP contribution in [0.15, 0.2) is 54.6 Å². The highest BCUT2D eigenvalue weighted by molar-refractivity contribution is 7.80. The van der Waals surface area contributed by atoms with Crippen molar-refractivity contribution in [2.75, 3.05) is 11.9 Å². The average Bonchev–Trinajstić information content (AvgIpc) is 2.48. The fourth-order valence-corrected chi connectivity index (χ4v) is 1.91.